The number of carboxylic acid groups (broad SMARTS) is 2. The zero-order chi connectivity index (χ0) is 18.4. The molecule has 0 fully saturated rings. The van der Waals surface area contributed by atoms with Gasteiger partial charge in [0.1, 0.15) is 0 Å². The zero-order valence-corrected chi connectivity index (χ0v) is 12.4. The van der Waals surface area contributed by atoms with E-state index in [9.17, 15) is 41.8 Å². The van der Waals surface area contributed by atoms with E-state index in [1.54, 1.807) is 0 Å². The van der Waals surface area contributed by atoms with E-state index in [2.05, 4.69) is 4.99 Å². The SMILES string of the molecule is CCC1(C(=O)[O-])C(C(F)(F)F)N=C(C(F)F)C(C)(C(=O)[O-])C1C. The van der Waals surface area contributed by atoms with Gasteiger partial charge in [0.25, 0.3) is 6.43 Å². The van der Waals surface area contributed by atoms with Crippen molar-refractivity contribution in [1.82, 2.24) is 0 Å². The van der Waals surface area contributed by atoms with E-state index >= 15 is 0 Å². The number of aliphatic carboxylic acids is 2. The van der Waals surface area contributed by atoms with Gasteiger partial charge in [0.15, 0.2) is 6.04 Å². The van der Waals surface area contributed by atoms with Crippen LogP contribution in [0.1, 0.15) is 27.2 Å². The van der Waals surface area contributed by atoms with Crippen LogP contribution in [-0.2, 0) is 9.59 Å². The van der Waals surface area contributed by atoms with E-state index < -0.39 is 59.5 Å². The lowest BCUT2D eigenvalue weighted by Crippen LogP contribution is -2.68. The van der Waals surface area contributed by atoms with E-state index in [0.29, 0.717) is 6.92 Å². The summed E-state index contributed by atoms with van der Waals surface area (Å²) in [4.78, 5) is 25.7. The highest BCUT2D eigenvalue weighted by Gasteiger charge is 2.65. The lowest BCUT2D eigenvalue weighted by molar-refractivity contribution is -0.337. The second-order valence-electron chi connectivity index (χ2n) is 5.65. The van der Waals surface area contributed by atoms with E-state index in [0.717, 1.165) is 13.8 Å². The average molecular weight is 343 g/mol. The number of carboxylic acids is 2. The Bertz CT molecular complexity index is 547. The van der Waals surface area contributed by atoms with Crippen molar-refractivity contribution >= 4 is 17.7 Å². The van der Waals surface area contributed by atoms with Gasteiger partial charge >= 0.3 is 6.18 Å². The topological polar surface area (TPSA) is 92.6 Å². The maximum atomic E-state index is 13.2. The molecular formula is C13H14F5NO4-2. The van der Waals surface area contributed by atoms with E-state index in [1.807, 2.05) is 0 Å². The van der Waals surface area contributed by atoms with Crippen LogP contribution in [0, 0.1) is 16.7 Å². The highest BCUT2D eigenvalue weighted by Crippen LogP contribution is 2.54. The zero-order valence-electron chi connectivity index (χ0n) is 12.4. The molecule has 1 heterocycles. The van der Waals surface area contributed by atoms with Crippen molar-refractivity contribution in [3.8, 4) is 0 Å². The number of hydrogen-bond acceptors (Lipinski definition) is 5. The van der Waals surface area contributed by atoms with Gasteiger partial charge in [-0.3, -0.25) is 4.99 Å². The van der Waals surface area contributed by atoms with Crippen LogP contribution >= 0.6 is 0 Å². The molecule has 0 spiro atoms. The quantitative estimate of drug-likeness (QED) is 0.681. The van der Waals surface area contributed by atoms with Crippen molar-refractivity contribution in [3.63, 3.8) is 0 Å². The summed E-state index contributed by atoms with van der Waals surface area (Å²) < 4.78 is 66.0. The molecular weight excluding hydrogens is 329 g/mol. The molecule has 0 radical (unpaired) electrons. The van der Waals surface area contributed by atoms with Gasteiger partial charge in [-0.1, -0.05) is 13.8 Å². The molecule has 4 atom stereocenters. The average Bonchev–Trinajstić information content (AvgIpc) is 2.39. The lowest BCUT2D eigenvalue weighted by atomic mass is 9.55. The Labute approximate surface area is 128 Å². The van der Waals surface area contributed by atoms with Gasteiger partial charge in [-0.05, 0) is 19.3 Å². The predicted octanol–water partition coefficient (Wildman–Crippen LogP) is 0.176. The monoisotopic (exact) mass is 343 g/mol. The highest BCUT2D eigenvalue weighted by molar-refractivity contribution is 6.08. The molecule has 132 valence electrons. The molecule has 4 unspecified atom stereocenters. The van der Waals surface area contributed by atoms with Crippen LogP contribution in [0.5, 0.6) is 0 Å². The molecule has 0 aromatic rings. The number of halogens is 5. The number of alkyl halides is 5. The number of carbonyl (C=O) groups is 2. The third-order valence-corrected chi connectivity index (χ3v) is 4.83. The fraction of sp³-hybridized carbons (Fsp3) is 0.769. The largest absolute Gasteiger partial charge is 0.549 e. The molecule has 5 nitrogen and oxygen atoms in total. The summed E-state index contributed by atoms with van der Waals surface area (Å²) in [6.45, 7) is 2.62. The molecule has 0 N–H and O–H groups in total. The van der Waals surface area contributed by atoms with E-state index in [-0.39, 0.29) is 0 Å². The first kappa shape index (κ1) is 19.3. The minimum Gasteiger partial charge on any atom is -0.549 e. The third-order valence-electron chi connectivity index (χ3n) is 4.83. The van der Waals surface area contributed by atoms with Crippen LogP contribution in [0.3, 0.4) is 0 Å². The Kier molecular flexibility index (Phi) is 4.80. The summed E-state index contributed by atoms with van der Waals surface area (Å²) in [5.41, 5.74) is -7.02. The summed E-state index contributed by atoms with van der Waals surface area (Å²) in [7, 11) is 0. The number of hydrogen-bond donors (Lipinski definition) is 0. The number of aliphatic imine (C=N–C) groups is 1. The second-order valence-corrected chi connectivity index (χ2v) is 5.65. The normalized spacial score (nSPS) is 35.1. The molecule has 0 bridgehead atoms. The standard InChI is InChI=1S/C13H16F5NO4/c1-4-12(10(22)23)5(2)11(3,9(20)21)6(7(14)15)19-8(12)13(16,17)18/h5,7-8H,4H2,1-3H3,(H,20,21)(H,22,23)/p-2. The first-order valence-electron chi connectivity index (χ1n) is 6.63. The molecule has 1 aliphatic heterocycles. The lowest BCUT2D eigenvalue weighted by Gasteiger charge is -2.55. The van der Waals surface area contributed by atoms with Gasteiger partial charge < -0.3 is 19.8 Å². The number of rotatable bonds is 4. The van der Waals surface area contributed by atoms with Crippen molar-refractivity contribution in [3.05, 3.63) is 0 Å². The van der Waals surface area contributed by atoms with E-state index in [4.69, 9.17) is 0 Å². The number of carbonyl (C=O) groups excluding carboxylic acids is 2. The minimum atomic E-state index is -5.27. The molecule has 0 saturated carbocycles. The minimum absolute atomic E-state index is 0.692. The molecule has 10 heteroatoms. The maximum absolute atomic E-state index is 13.2. The highest BCUT2D eigenvalue weighted by atomic mass is 19.4. The van der Waals surface area contributed by atoms with Crippen molar-refractivity contribution in [2.24, 2.45) is 21.7 Å². The van der Waals surface area contributed by atoms with Gasteiger partial charge in [-0.25, -0.2) is 8.78 Å². The molecule has 0 amide bonds. The first-order chi connectivity index (χ1) is 10.3. The Balaban J connectivity index is 3.86. The van der Waals surface area contributed by atoms with Crippen LogP contribution in [0.4, 0.5) is 22.0 Å². The summed E-state index contributed by atoms with van der Waals surface area (Å²) in [6.07, 6.45) is -9.58. The van der Waals surface area contributed by atoms with Crippen LogP contribution in [0.15, 0.2) is 4.99 Å². The molecule has 0 aromatic heterocycles. The fourth-order valence-corrected chi connectivity index (χ4v) is 3.22. The Morgan fingerprint density at radius 1 is 1.26 bits per heavy atom. The Hall–Kier alpha value is -1.74. The molecule has 1 rings (SSSR count). The molecule has 0 aliphatic carbocycles. The number of nitrogens with zero attached hydrogens (tertiary/aromatic N) is 1. The van der Waals surface area contributed by atoms with Gasteiger partial charge in [0.2, 0.25) is 0 Å². The fourth-order valence-electron chi connectivity index (χ4n) is 3.22. The van der Waals surface area contributed by atoms with Crippen molar-refractivity contribution in [2.75, 3.05) is 0 Å². The van der Waals surface area contributed by atoms with Crippen LogP contribution < -0.4 is 10.2 Å². The van der Waals surface area contributed by atoms with Gasteiger partial charge in [-0.15, -0.1) is 0 Å². The molecule has 0 saturated heterocycles. The van der Waals surface area contributed by atoms with Crippen molar-refractivity contribution in [2.45, 2.75) is 45.8 Å². The third kappa shape index (κ3) is 2.57. The van der Waals surface area contributed by atoms with Crippen molar-refractivity contribution < 1.29 is 41.8 Å². The predicted molar refractivity (Wildman–Crippen MR) is 63.3 cm³/mol. The molecule has 1 aliphatic rings. The maximum Gasteiger partial charge on any atom is 0.411 e. The summed E-state index contributed by atoms with van der Waals surface area (Å²) in [5.74, 6) is -6.20. The first-order valence-corrected chi connectivity index (χ1v) is 6.63. The summed E-state index contributed by atoms with van der Waals surface area (Å²) >= 11 is 0. The Morgan fingerprint density at radius 3 is 2.00 bits per heavy atom. The van der Waals surface area contributed by atoms with E-state index in [1.165, 1.54) is 0 Å². The second kappa shape index (κ2) is 5.72. The van der Waals surface area contributed by atoms with Gasteiger partial charge in [0, 0.05) is 5.41 Å². The summed E-state index contributed by atoms with van der Waals surface area (Å²) in [5, 5.41) is 22.8. The van der Waals surface area contributed by atoms with Crippen LogP contribution in [-0.4, -0.2) is 36.3 Å². The summed E-state index contributed by atoms with van der Waals surface area (Å²) in [6, 6.07) is -3.03. The molecule has 0 aromatic carbocycles. The van der Waals surface area contributed by atoms with Crippen molar-refractivity contribution in [1.29, 1.82) is 0 Å². The van der Waals surface area contributed by atoms with Crippen LogP contribution in [0.2, 0.25) is 0 Å². The van der Waals surface area contributed by atoms with Gasteiger partial charge in [-0.2, -0.15) is 13.2 Å². The molecule has 23 heavy (non-hydrogen) atoms. The Morgan fingerprint density at radius 2 is 1.74 bits per heavy atom. The van der Waals surface area contributed by atoms with Gasteiger partial charge in [0.05, 0.1) is 23.1 Å². The van der Waals surface area contributed by atoms with Crippen LogP contribution in [0.25, 0.3) is 0 Å². The smallest absolute Gasteiger partial charge is 0.411 e.